The summed E-state index contributed by atoms with van der Waals surface area (Å²) >= 11 is 12.3. The minimum atomic E-state index is -0.0412. The minimum Gasteiger partial charge on any atom is -0.497 e. The van der Waals surface area contributed by atoms with Crippen LogP contribution < -0.4 is 9.64 Å². The van der Waals surface area contributed by atoms with Gasteiger partial charge in [0, 0.05) is 30.6 Å². The van der Waals surface area contributed by atoms with Crippen molar-refractivity contribution in [3.05, 3.63) is 93.5 Å². The van der Waals surface area contributed by atoms with Gasteiger partial charge in [0.15, 0.2) is 0 Å². The van der Waals surface area contributed by atoms with E-state index in [2.05, 4.69) is 29.2 Å². The highest BCUT2D eigenvalue weighted by Gasteiger charge is 2.46. The van der Waals surface area contributed by atoms with Crippen LogP contribution >= 0.6 is 23.2 Å². The van der Waals surface area contributed by atoms with Gasteiger partial charge in [-0.2, -0.15) is 0 Å². The molecule has 0 radical (unpaired) electrons. The average molecular weight is 509 g/mol. The number of ether oxygens (including phenoxy) is 1. The molecular formula is C29H30Cl2N2O2. The molecule has 1 saturated heterocycles. The number of halogens is 2. The van der Waals surface area contributed by atoms with Gasteiger partial charge in [-0.3, -0.25) is 9.69 Å². The van der Waals surface area contributed by atoms with Crippen LogP contribution in [0.5, 0.6) is 5.75 Å². The number of benzene rings is 3. The van der Waals surface area contributed by atoms with E-state index in [9.17, 15) is 4.79 Å². The molecule has 0 unspecified atom stereocenters. The lowest BCUT2D eigenvalue weighted by molar-refractivity contribution is -0.118. The summed E-state index contributed by atoms with van der Waals surface area (Å²) in [5.74, 6) is 1.04. The van der Waals surface area contributed by atoms with Crippen molar-refractivity contribution in [2.75, 3.05) is 31.6 Å². The van der Waals surface area contributed by atoms with Crippen LogP contribution in [0.1, 0.15) is 36.0 Å². The monoisotopic (exact) mass is 508 g/mol. The Morgan fingerprint density at radius 1 is 0.943 bits per heavy atom. The fourth-order valence-corrected chi connectivity index (χ4v) is 5.81. The van der Waals surface area contributed by atoms with Crippen molar-refractivity contribution in [1.29, 1.82) is 0 Å². The van der Waals surface area contributed by atoms with E-state index in [1.54, 1.807) is 7.11 Å². The number of carbonyl (C=O) groups excluding carboxylic acids is 1. The SMILES string of the molecule is COc1ccc2c(c1)C1(CCN(Cc3ccc(Cl)c(Cl)c3)CC1)CN2C(=O)CCc1ccccc1. The van der Waals surface area contributed by atoms with Gasteiger partial charge in [0.25, 0.3) is 0 Å². The maximum Gasteiger partial charge on any atom is 0.227 e. The summed E-state index contributed by atoms with van der Waals surface area (Å²) in [4.78, 5) is 17.9. The van der Waals surface area contributed by atoms with Crippen molar-refractivity contribution in [3.63, 3.8) is 0 Å². The quantitative estimate of drug-likeness (QED) is 0.380. The van der Waals surface area contributed by atoms with Gasteiger partial charge in [-0.25, -0.2) is 0 Å². The van der Waals surface area contributed by atoms with Crippen molar-refractivity contribution in [2.45, 2.75) is 37.6 Å². The fourth-order valence-electron chi connectivity index (χ4n) is 5.49. The minimum absolute atomic E-state index is 0.0412. The van der Waals surface area contributed by atoms with Gasteiger partial charge in [0.05, 0.1) is 17.2 Å². The van der Waals surface area contributed by atoms with Gasteiger partial charge in [0.1, 0.15) is 5.75 Å². The van der Waals surface area contributed by atoms with E-state index < -0.39 is 0 Å². The molecule has 1 spiro atoms. The molecule has 182 valence electrons. The Labute approximate surface area is 217 Å². The number of hydrogen-bond donors (Lipinski definition) is 0. The smallest absolute Gasteiger partial charge is 0.227 e. The Kier molecular flexibility index (Phi) is 7.06. The van der Waals surface area contributed by atoms with E-state index in [1.807, 2.05) is 47.4 Å². The molecule has 0 saturated carbocycles. The summed E-state index contributed by atoms with van der Waals surface area (Å²) < 4.78 is 5.56. The highest BCUT2D eigenvalue weighted by atomic mass is 35.5. The standard InChI is InChI=1S/C29H30Cl2N2O2/c1-35-23-9-11-27-24(18-23)29(20-33(27)28(34)12-8-21-5-3-2-4-6-21)13-15-32(16-14-29)19-22-7-10-25(30)26(31)17-22/h2-7,9-11,17-18H,8,12-16,19-20H2,1H3. The summed E-state index contributed by atoms with van der Waals surface area (Å²) in [5, 5.41) is 1.18. The van der Waals surface area contributed by atoms with E-state index in [1.165, 1.54) is 16.7 Å². The molecule has 2 aliphatic rings. The lowest BCUT2D eigenvalue weighted by Crippen LogP contribution is -2.45. The van der Waals surface area contributed by atoms with E-state index >= 15 is 0 Å². The lowest BCUT2D eigenvalue weighted by atomic mass is 9.74. The first-order valence-electron chi connectivity index (χ1n) is 12.2. The molecule has 1 amide bonds. The third-order valence-electron chi connectivity index (χ3n) is 7.50. The van der Waals surface area contributed by atoms with Crippen molar-refractivity contribution in [1.82, 2.24) is 4.90 Å². The average Bonchev–Trinajstić information content (AvgIpc) is 3.20. The second-order valence-electron chi connectivity index (χ2n) is 9.65. The first-order chi connectivity index (χ1) is 17.0. The van der Waals surface area contributed by atoms with Gasteiger partial charge in [0.2, 0.25) is 5.91 Å². The molecule has 0 aliphatic carbocycles. The number of piperidine rings is 1. The third kappa shape index (κ3) is 5.06. The van der Waals surface area contributed by atoms with Crippen LogP contribution in [0, 0.1) is 0 Å². The largest absolute Gasteiger partial charge is 0.497 e. The van der Waals surface area contributed by atoms with Gasteiger partial charge in [-0.15, -0.1) is 0 Å². The first kappa shape index (κ1) is 24.2. The molecular weight excluding hydrogens is 479 g/mol. The van der Waals surface area contributed by atoms with Crippen molar-refractivity contribution in [3.8, 4) is 5.75 Å². The van der Waals surface area contributed by atoms with Crippen LogP contribution in [-0.2, 0) is 23.2 Å². The van der Waals surface area contributed by atoms with Gasteiger partial charge < -0.3 is 9.64 Å². The number of fused-ring (bicyclic) bond motifs is 2. The van der Waals surface area contributed by atoms with Crippen LogP contribution in [0.15, 0.2) is 66.7 Å². The number of nitrogens with zero attached hydrogens (tertiary/aromatic N) is 2. The maximum atomic E-state index is 13.4. The fraction of sp³-hybridized carbons (Fsp3) is 0.345. The summed E-state index contributed by atoms with van der Waals surface area (Å²) in [6.07, 6.45) is 3.26. The molecule has 3 aromatic carbocycles. The Bertz CT molecular complexity index is 1210. The number of aryl methyl sites for hydroxylation is 1. The molecule has 0 bridgehead atoms. The molecule has 0 atom stereocenters. The Balaban J connectivity index is 1.32. The highest BCUT2D eigenvalue weighted by Crippen LogP contribution is 2.48. The molecule has 4 nitrogen and oxygen atoms in total. The van der Waals surface area contributed by atoms with Gasteiger partial charge in [-0.1, -0.05) is 59.6 Å². The molecule has 35 heavy (non-hydrogen) atoms. The van der Waals surface area contributed by atoms with Crippen molar-refractivity contribution in [2.24, 2.45) is 0 Å². The Morgan fingerprint density at radius 3 is 2.43 bits per heavy atom. The second kappa shape index (κ2) is 10.2. The molecule has 2 heterocycles. The summed E-state index contributed by atoms with van der Waals surface area (Å²) in [5.41, 5.74) is 4.61. The zero-order valence-electron chi connectivity index (χ0n) is 20.0. The third-order valence-corrected chi connectivity index (χ3v) is 8.24. The van der Waals surface area contributed by atoms with Crippen LogP contribution in [0.25, 0.3) is 0 Å². The first-order valence-corrected chi connectivity index (χ1v) is 12.9. The van der Waals surface area contributed by atoms with Crippen LogP contribution in [0.3, 0.4) is 0 Å². The zero-order valence-corrected chi connectivity index (χ0v) is 21.5. The lowest BCUT2D eigenvalue weighted by Gasteiger charge is -2.40. The van der Waals surface area contributed by atoms with E-state index in [0.29, 0.717) is 16.5 Å². The second-order valence-corrected chi connectivity index (χ2v) is 10.5. The van der Waals surface area contributed by atoms with Gasteiger partial charge >= 0.3 is 0 Å². The van der Waals surface area contributed by atoms with Crippen molar-refractivity contribution < 1.29 is 9.53 Å². The predicted molar refractivity (Wildman–Crippen MR) is 143 cm³/mol. The summed E-state index contributed by atoms with van der Waals surface area (Å²) in [6, 6.07) is 22.3. The Hall–Kier alpha value is -2.53. The van der Waals surface area contributed by atoms with E-state index in [-0.39, 0.29) is 11.3 Å². The molecule has 1 fully saturated rings. The summed E-state index contributed by atoms with van der Waals surface area (Å²) in [6.45, 7) is 3.51. The number of carbonyl (C=O) groups is 1. The highest BCUT2D eigenvalue weighted by molar-refractivity contribution is 6.42. The number of rotatable bonds is 6. The molecule has 3 aromatic rings. The molecule has 6 heteroatoms. The van der Waals surface area contributed by atoms with Crippen LogP contribution in [0.2, 0.25) is 10.0 Å². The zero-order chi connectivity index (χ0) is 24.4. The predicted octanol–water partition coefficient (Wildman–Crippen LogP) is 6.52. The Morgan fingerprint density at radius 2 is 1.71 bits per heavy atom. The van der Waals surface area contributed by atoms with Crippen LogP contribution in [-0.4, -0.2) is 37.6 Å². The normalized spacial score (nSPS) is 16.9. The number of likely N-dealkylation sites (tertiary alicyclic amines) is 1. The number of methoxy groups -OCH3 is 1. The van der Waals surface area contributed by atoms with E-state index in [4.69, 9.17) is 27.9 Å². The number of amides is 1. The van der Waals surface area contributed by atoms with Crippen LogP contribution in [0.4, 0.5) is 5.69 Å². The molecule has 0 aromatic heterocycles. The summed E-state index contributed by atoms with van der Waals surface area (Å²) in [7, 11) is 1.70. The molecule has 5 rings (SSSR count). The maximum absolute atomic E-state index is 13.4. The van der Waals surface area contributed by atoms with Gasteiger partial charge in [-0.05, 0) is 79.4 Å². The molecule has 0 N–H and O–H groups in total. The van der Waals surface area contributed by atoms with E-state index in [0.717, 1.165) is 56.9 Å². The number of hydrogen-bond acceptors (Lipinski definition) is 3. The molecule has 2 aliphatic heterocycles. The van der Waals surface area contributed by atoms with Crippen molar-refractivity contribution >= 4 is 34.8 Å². The topological polar surface area (TPSA) is 32.8 Å². The number of anilines is 1.